The second-order valence-electron chi connectivity index (χ2n) is 10.1. The smallest absolute Gasteiger partial charge is 0.330 e. The normalized spacial score (nSPS) is 23.5. The summed E-state index contributed by atoms with van der Waals surface area (Å²) in [5.41, 5.74) is 0. The van der Waals surface area contributed by atoms with E-state index in [4.69, 9.17) is 18.6 Å². The van der Waals surface area contributed by atoms with Crippen molar-refractivity contribution in [3.05, 3.63) is 12.2 Å². The van der Waals surface area contributed by atoms with Gasteiger partial charge in [-0.05, 0) is 64.7 Å². The average Bonchev–Trinajstić information content (AvgIpc) is 2.85. The lowest BCUT2D eigenvalue weighted by molar-refractivity contribution is -0.144. The molecule has 170 valence electrons. The summed E-state index contributed by atoms with van der Waals surface area (Å²) in [6.07, 6.45) is 8.65. The topological polar surface area (TPSA) is 54.0 Å². The van der Waals surface area contributed by atoms with E-state index in [1.807, 2.05) is 13.8 Å². The predicted octanol–water partition coefficient (Wildman–Crippen LogP) is 5.99. The maximum atomic E-state index is 11.6. The van der Waals surface area contributed by atoms with Crippen molar-refractivity contribution in [1.82, 2.24) is 0 Å². The first-order valence-electron chi connectivity index (χ1n) is 11.2. The molecule has 0 spiro atoms. The van der Waals surface area contributed by atoms with Crippen molar-refractivity contribution in [2.75, 3.05) is 6.61 Å². The molecule has 0 aliphatic carbocycles. The molecule has 3 atom stereocenters. The minimum Gasteiger partial charge on any atom is -0.463 e. The molecule has 0 saturated carbocycles. The van der Waals surface area contributed by atoms with Gasteiger partial charge in [0.15, 0.2) is 14.1 Å². The van der Waals surface area contributed by atoms with Gasteiger partial charge in [-0.2, -0.15) is 0 Å². The number of carbonyl (C=O) groups excluding carboxylic acids is 1. The lowest BCUT2D eigenvalue weighted by atomic mass is 10.0. The van der Waals surface area contributed by atoms with Gasteiger partial charge in [0.05, 0.1) is 12.7 Å². The highest BCUT2D eigenvalue weighted by molar-refractivity contribution is 6.74. The van der Waals surface area contributed by atoms with E-state index in [9.17, 15) is 4.79 Å². The standard InChI is InChI=1S/C23H44O5Si/c1-10-25-21(24)17-16-20-19(26-23(6,7)27-20)15-13-11-12-14-18(2)28-29(8,9)22(3,4)5/h16-20H,10-15H2,1-9H3/b17-16+/t18-,19+,20-/m1/s1. The first-order valence-corrected chi connectivity index (χ1v) is 14.1. The maximum absolute atomic E-state index is 11.6. The number of ether oxygens (including phenoxy) is 3. The second kappa shape index (κ2) is 11.1. The third-order valence-electron chi connectivity index (χ3n) is 5.83. The molecule has 0 aromatic rings. The number of hydrogen-bond acceptors (Lipinski definition) is 5. The number of esters is 1. The van der Waals surface area contributed by atoms with E-state index < -0.39 is 14.1 Å². The van der Waals surface area contributed by atoms with Gasteiger partial charge in [-0.3, -0.25) is 0 Å². The molecule has 29 heavy (non-hydrogen) atoms. The number of rotatable bonds is 11. The summed E-state index contributed by atoms with van der Waals surface area (Å²) in [4.78, 5) is 11.6. The molecule has 1 aliphatic rings. The molecule has 0 bridgehead atoms. The number of hydrogen-bond donors (Lipinski definition) is 0. The molecule has 1 saturated heterocycles. The van der Waals surface area contributed by atoms with Gasteiger partial charge in [-0.1, -0.05) is 40.0 Å². The Kier molecular flexibility index (Phi) is 10.1. The molecule has 0 aromatic carbocycles. The Morgan fingerprint density at radius 1 is 1.17 bits per heavy atom. The highest BCUT2D eigenvalue weighted by atomic mass is 28.4. The Morgan fingerprint density at radius 3 is 2.41 bits per heavy atom. The highest BCUT2D eigenvalue weighted by Gasteiger charge is 2.40. The van der Waals surface area contributed by atoms with Crippen LogP contribution in [0.25, 0.3) is 0 Å². The SMILES string of the molecule is CCOC(=O)/C=C/[C@H]1OC(C)(C)O[C@H]1CCCCC[C@@H](C)O[Si](C)(C)C(C)(C)C. The van der Waals surface area contributed by atoms with Gasteiger partial charge >= 0.3 is 5.97 Å². The molecule has 0 unspecified atom stereocenters. The van der Waals surface area contributed by atoms with Crippen molar-refractivity contribution in [2.45, 2.75) is 123 Å². The predicted molar refractivity (Wildman–Crippen MR) is 120 cm³/mol. The Hall–Kier alpha value is -0.693. The molecule has 0 aromatic heterocycles. The van der Waals surface area contributed by atoms with Crippen LogP contribution in [-0.4, -0.2) is 45.0 Å². The summed E-state index contributed by atoms with van der Waals surface area (Å²) in [7, 11) is -1.69. The largest absolute Gasteiger partial charge is 0.463 e. The lowest BCUT2D eigenvalue weighted by Gasteiger charge is -2.38. The zero-order valence-electron chi connectivity index (χ0n) is 20.2. The van der Waals surface area contributed by atoms with Crippen LogP contribution in [0.1, 0.15) is 80.6 Å². The molecule has 1 rings (SSSR count). The molecule has 0 amide bonds. The minimum atomic E-state index is -1.69. The zero-order valence-corrected chi connectivity index (χ0v) is 21.2. The maximum Gasteiger partial charge on any atom is 0.330 e. The fourth-order valence-corrected chi connectivity index (χ4v) is 4.78. The Bertz CT molecular complexity index is 536. The summed E-state index contributed by atoms with van der Waals surface area (Å²) in [6, 6.07) is 0. The van der Waals surface area contributed by atoms with Crippen LogP contribution < -0.4 is 0 Å². The van der Waals surface area contributed by atoms with Gasteiger partial charge in [0.25, 0.3) is 0 Å². The summed E-state index contributed by atoms with van der Waals surface area (Å²) < 4.78 is 23.4. The van der Waals surface area contributed by atoms with Crippen LogP contribution in [0.4, 0.5) is 0 Å². The van der Waals surface area contributed by atoms with E-state index in [2.05, 4.69) is 40.8 Å². The van der Waals surface area contributed by atoms with Crippen LogP contribution in [0.15, 0.2) is 12.2 Å². The molecular formula is C23H44O5Si. The van der Waals surface area contributed by atoms with Crippen LogP contribution in [-0.2, 0) is 23.4 Å². The fraction of sp³-hybridized carbons (Fsp3) is 0.870. The lowest BCUT2D eigenvalue weighted by Crippen LogP contribution is -2.43. The molecule has 1 fully saturated rings. The van der Waals surface area contributed by atoms with Crippen molar-refractivity contribution in [3.8, 4) is 0 Å². The molecule has 5 nitrogen and oxygen atoms in total. The summed E-state index contributed by atoms with van der Waals surface area (Å²) in [6.45, 7) is 19.7. The van der Waals surface area contributed by atoms with E-state index in [0.717, 1.165) is 32.1 Å². The fourth-order valence-electron chi connectivity index (χ4n) is 3.31. The second-order valence-corrected chi connectivity index (χ2v) is 14.8. The Labute approximate surface area is 179 Å². The number of unbranched alkanes of at least 4 members (excludes halogenated alkanes) is 2. The van der Waals surface area contributed by atoms with Gasteiger partial charge in [0, 0.05) is 12.2 Å². The van der Waals surface area contributed by atoms with Crippen molar-refractivity contribution in [1.29, 1.82) is 0 Å². The van der Waals surface area contributed by atoms with Gasteiger partial charge in [0.2, 0.25) is 0 Å². The van der Waals surface area contributed by atoms with E-state index >= 15 is 0 Å². The zero-order chi connectivity index (χ0) is 22.3. The third-order valence-corrected chi connectivity index (χ3v) is 10.4. The molecule has 0 N–H and O–H groups in total. The van der Waals surface area contributed by atoms with Crippen LogP contribution >= 0.6 is 0 Å². The monoisotopic (exact) mass is 428 g/mol. The molecular weight excluding hydrogens is 384 g/mol. The van der Waals surface area contributed by atoms with E-state index in [1.54, 1.807) is 13.0 Å². The molecule has 1 aliphatic heterocycles. The van der Waals surface area contributed by atoms with Gasteiger partial charge < -0.3 is 18.6 Å². The average molecular weight is 429 g/mol. The minimum absolute atomic E-state index is 0.0309. The van der Waals surface area contributed by atoms with Crippen molar-refractivity contribution in [3.63, 3.8) is 0 Å². The molecule has 0 radical (unpaired) electrons. The van der Waals surface area contributed by atoms with Crippen molar-refractivity contribution >= 4 is 14.3 Å². The Balaban J connectivity index is 2.39. The van der Waals surface area contributed by atoms with Crippen LogP contribution in [0, 0.1) is 0 Å². The molecule has 6 heteroatoms. The van der Waals surface area contributed by atoms with Crippen LogP contribution in [0.5, 0.6) is 0 Å². The van der Waals surface area contributed by atoms with Crippen molar-refractivity contribution < 1.29 is 23.4 Å². The first kappa shape index (κ1) is 26.3. The molecule has 1 heterocycles. The van der Waals surface area contributed by atoms with E-state index in [1.165, 1.54) is 6.08 Å². The van der Waals surface area contributed by atoms with E-state index in [-0.39, 0.29) is 23.2 Å². The van der Waals surface area contributed by atoms with Gasteiger partial charge in [-0.15, -0.1) is 0 Å². The van der Waals surface area contributed by atoms with Gasteiger partial charge in [0.1, 0.15) is 6.10 Å². The summed E-state index contributed by atoms with van der Waals surface area (Å²) in [5, 5.41) is 0.250. The number of carbonyl (C=O) groups is 1. The highest BCUT2D eigenvalue weighted by Crippen LogP contribution is 2.38. The van der Waals surface area contributed by atoms with Crippen LogP contribution in [0.3, 0.4) is 0 Å². The van der Waals surface area contributed by atoms with E-state index in [0.29, 0.717) is 12.7 Å². The van der Waals surface area contributed by atoms with Crippen molar-refractivity contribution in [2.24, 2.45) is 0 Å². The summed E-state index contributed by atoms with van der Waals surface area (Å²) in [5.74, 6) is -0.963. The van der Waals surface area contributed by atoms with Crippen LogP contribution in [0.2, 0.25) is 18.1 Å². The first-order chi connectivity index (χ1) is 13.3. The Morgan fingerprint density at radius 2 is 1.83 bits per heavy atom. The third kappa shape index (κ3) is 9.32. The quantitative estimate of drug-likeness (QED) is 0.175. The summed E-state index contributed by atoms with van der Waals surface area (Å²) >= 11 is 0. The van der Waals surface area contributed by atoms with Gasteiger partial charge in [-0.25, -0.2) is 4.79 Å².